The van der Waals surface area contributed by atoms with Crippen LogP contribution in [0.1, 0.15) is 0 Å². The van der Waals surface area contributed by atoms with E-state index in [1.807, 2.05) is 54.6 Å². The number of rotatable bonds is 4. The molecule has 0 unspecified atom stereocenters. The Kier molecular flexibility index (Phi) is 4.23. The van der Waals surface area contributed by atoms with Crippen molar-refractivity contribution in [2.45, 2.75) is 0 Å². The highest BCUT2D eigenvalue weighted by atomic mass is 16.5. The second-order valence-corrected chi connectivity index (χ2v) is 5.89. The molecule has 128 valence electrons. The lowest BCUT2D eigenvalue weighted by molar-refractivity contribution is 0.403. The molecule has 0 spiro atoms. The van der Waals surface area contributed by atoms with Crippen LogP contribution in [0.4, 0.5) is 0 Å². The van der Waals surface area contributed by atoms with E-state index >= 15 is 0 Å². The molecule has 0 saturated heterocycles. The summed E-state index contributed by atoms with van der Waals surface area (Å²) >= 11 is 0. The standard InChI is InChI=1S/C22H18N2O2/c1-25-18-10-6-9-16(13-18)17-11-12-20-19(14-17)22(26-2)24-21(23-20)15-7-4-3-5-8-15/h3-14H,1-2H3. The maximum absolute atomic E-state index is 5.55. The maximum atomic E-state index is 5.55. The Bertz CT molecular complexity index is 1060. The zero-order chi connectivity index (χ0) is 17.9. The predicted molar refractivity (Wildman–Crippen MR) is 104 cm³/mol. The Morgan fingerprint density at radius 1 is 0.654 bits per heavy atom. The third kappa shape index (κ3) is 2.97. The van der Waals surface area contributed by atoms with Crippen molar-refractivity contribution in [1.82, 2.24) is 9.97 Å². The average molecular weight is 342 g/mol. The number of hydrogen-bond acceptors (Lipinski definition) is 4. The monoisotopic (exact) mass is 342 g/mol. The molecule has 1 aromatic heterocycles. The van der Waals surface area contributed by atoms with E-state index in [1.54, 1.807) is 14.2 Å². The minimum absolute atomic E-state index is 0.568. The number of ether oxygens (including phenoxy) is 2. The fourth-order valence-corrected chi connectivity index (χ4v) is 2.95. The molecule has 0 aliphatic rings. The van der Waals surface area contributed by atoms with Crippen molar-refractivity contribution in [2.24, 2.45) is 0 Å². The van der Waals surface area contributed by atoms with Crippen LogP contribution in [0, 0.1) is 0 Å². The van der Waals surface area contributed by atoms with Gasteiger partial charge < -0.3 is 9.47 Å². The second kappa shape index (κ2) is 6.84. The van der Waals surface area contributed by atoms with Gasteiger partial charge in [0.1, 0.15) is 5.75 Å². The van der Waals surface area contributed by atoms with Crippen LogP contribution in [-0.2, 0) is 0 Å². The van der Waals surface area contributed by atoms with Crippen molar-refractivity contribution in [3.05, 3.63) is 72.8 Å². The fourth-order valence-electron chi connectivity index (χ4n) is 2.95. The summed E-state index contributed by atoms with van der Waals surface area (Å²) < 4.78 is 10.9. The molecule has 0 aliphatic heterocycles. The molecule has 0 saturated carbocycles. The van der Waals surface area contributed by atoms with Gasteiger partial charge in [0, 0.05) is 5.56 Å². The predicted octanol–water partition coefficient (Wildman–Crippen LogP) is 4.98. The molecule has 0 aliphatic carbocycles. The van der Waals surface area contributed by atoms with E-state index in [0.717, 1.165) is 33.3 Å². The lowest BCUT2D eigenvalue weighted by Gasteiger charge is -2.10. The van der Waals surface area contributed by atoms with Crippen molar-refractivity contribution in [3.8, 4) is 34.1 Å². The van der Waals surface area contributed by atoms with Gasteiger partial charge in [0.25, 0.3) is 0 Å². The zero-order valence-corrected chi connectivity index (χ0v) is 14.6. The zero-order valence-electron chi connectivity index (χ0n) is 14.6. The van der Waals surface area contributed by atoms with E-state index in [0.29, 0.717) is 11.7 Å². The number of nitrogens with zero attached hydrogens (tertiary/aromatic N) is 2. The number of benzene rings is 3. The van der Waals surface area contributed by atoms with Gasteiger partial charge in [-0.05, 0) is 35.4 Å². The highest BCUT2D eigenvalue weighted by Crippen LogP contribution is 2.31. The molecule has 0 radical (unpaired) electrons. The Balaban J connectivity index is 1.86. The molecule has 0 bridgehead atoms. The first-order valence-electron chi connectivity index (χ1n) is 8.34. The largest absolute Gasteiger partial charge is 0.497 e. The van der Waals surface area contributed by atoms with Gasteiger partial charge in [0.2, 0.25) is 5.88 Å². The molecule has 0 N–H and O–H groups in total. The molecular weight excluding hydrogens is 324 g/mol. The Morgan fingerprint density at radius 2 is 1.42 bits per heavy atom. The Labute approximate surface area is 152 Å². The third-order valence-electron chi connectivity index (χ3n) is 4.29. The number of hydrogen-bond donors (Lipinski definition) is 0. The highest BCUT2D eigenvalue weighted by Gasteiger charge is 2.11. The van der Waals surface area contributed by atoms with Crippen LogP contribution in [0.5, 0.6) is 11.6 Å². The van der Waals surface area contributed by atoms with Crippen LogP contribution < -0.4 is 9.47 Å². The lowest BCUT2D eigenvalue weighted by Crippen LogP contribution is -1.96. The van der Waals surface area contributed by atoms with E-state index in [-0.39, 0.29) is 0 Å². The smallest absolute Gasteiger partial charge is 0.224 e. The number of fused-ring (bicyclic) bond motifs is 1. The summed E-state index contributed by atoms with van der Waals surface area (Å²) in [6.45, 7) is 0. The second-order valence-electron chi connectivity index (χ2n) is 5.89. The molecule has 0 amide bonds. The van der Waals surface area contributed by atoms with Gasteiger partial charge in [-0.3, -0.25) is 0 Å². The summed E-state index contributed by atoms with van der Waals surface area (Å²) in [6.07, 6.45) is 0. The molecule has 4 rings (SSSR count). The maximum Gasteiger partial charge on any atom is 0.224 e. The summed E-state index contributed by atoms with van der Waals surface area (Å²) in [5.74, 6) is 2.05. The summed E-state index contributed by atoms with van der Waals surface area (Å²) in [5.41, 5.74) is 3.94. The molecular formula is C22H18N2O2. The van der Waals surface area contributed by atoms with Crippen LogP contribution >= 0.6 is 0 Å². The summed E-state index contributed by atoms with van der Waals surface area (Å²) in [7, 11) is 3.30. The van der Waals surface area contributed by atoms with Gasteiger partial charge in [-0.25, -0.2) is 4.98 Å². The van der Waals surface area contributed by atoms with Crippen LogP contribution in [0.25, 0.3) is 33.4 Å². The van der Waals surface area contributed by atoms with Gasteiger partial charge in [-0.15, -0.1) is 0 Å². The topological polar surface area (TPSA) is 44.2 Å². The van der Waals surface area contributed by atoms with Crippen LogP contribution in [-0.4, -0.2) is 24.2 Å². The van der Waals surface area contributed by atoms with Crippen LogP contribution in [0.15, 0.2) is 72.8 Å². The van der Waals surface area contributed by atoms with Gasteiger partial charge in [-0.1, -0.05) is 48.5 Å². The number of aromatic nitrogens is 2. The van der Waals surface area contributed by atoms with Crippen molar-refractivity contribution < 1.29 is 9.47 Å². The van der Waals surface area contributed by atoms with Crippen LogP contribution in [0.2, 0.25) is 0 Å². The SMILES string of the molecule is COc1cccc(-c2ccc3nc(-c4ccccc4)nc(OC)c3c2)c1. The van der Waals surface area contributed by atoms with E-state index in [2.05, 4.69) is 23.2 Å². The van der Waals surface area contributed by atoms with E-state index in [4.69, 9.17) is 14.5 Å². The number of methoxy groups -OCH3 is 2. The van der Waals surface area contributed by atoms with E-state index in [9.17, 15) is 0 Å². The van der Waals surface area contributed by atoms with Crippen molar-refractivity contribution in [3.63, 3.8) is 0 Å². The molecule has 4 heteroatoms. The highest BCUT2D eigenvalue weighted by molar-refractivity contribution is 5.89. The molecule has 1 heterocycles. The summed E-state index contributed by atoms with van der Waals surface area (Å²) in [5, 5.41) is 0.882. The fraction of sp³-hybridized carbons (Fsp3) is 0.0909. The van der Waals surface area contributed by atoms with Gasteiger partial charge in [0.15, 0.2) is 5.82 Å². The molecule has 4 nitrogen and oxygen atoms in total. The van der Waals surface area contributed by atoms with Gasteiger partial charge >= 0.3 is 0 Å². The normalized spacial score (nSPS) is 10.7. The van der Waals surface area contributed by atoms with E-state index in [1.165, 1.54) is 0 Å². The third-order valence-corrected chi connectivity index (χ3v) is 4.29. The van der Waals surface area contributed by atoms with Gasteiger partial charge in [-0.2, -0.15) is 4.98 Å². The minimum atomic E-state index is 0.568. The molecule has 0 fully saturated rings. The Morgan fingerprint density at radius 3 is 2.19 bits per heavy atom. The molecule has 0 atom stereocenters. The van der Waals surface area contributed by atoms with Gasteiger partial charge in [0.05, 0.1) is 25.1 Å². The van der Waals surface area contributed by atoms with Crippen LogP contribution in [0.3, 0.4) is 0 Å². The first kappa shape index (κ1) is 16.1. The summed E-state index contributed by atoms with van der Waals surface area (Å²) in [4.78, 5) is 9.31. The van der Waals surface area contributed by atoms with Crippen molar-refractivity contribution in [1.29, 1.82) is 0 Å². The first-order valence-corrected chi connectivity index (χ1v) is 8.34. The quantitative estimate of drug-likeness (QED) is 0.524. The minimum Gasteiger partial charge on any atom is -0.497 e. The molecule has 3 aromatic carbocycles. The summed E-state index contributed by atoms with van der Waals surface area (Å²) in [6, 6.07) is 24.0. The van der Waals surface area contributed by atoms with E-state index < -0.39 is 0 Å². The average Bonchev–Trinajstić information content (AvgIpc) is 2.73. The molecule has 4 aromatic rings. The first-order chi connectivity index (χ1) is 12.8. The Hall–Kier alpha value is -3.40. The van der Waals surface area contributed by atoms with Crippen molar-refractivity contribution in [2.75, 3.05) is 14.2 Å². The molecule has 26 heavy (non-hydrogen) atoms. The van der Waals surface area contributed by atoms with Crippen molar-refractivity contribution >= 4 is 10.9 Å². The lowest BCUT2D eigenvalue weighted by atomic mass is 10.0.